The Labute approximate surface area is 117 Å². The third kappa shape index (κ3) is 4.36. The molecule has 0 atom stereocenters. The van der Waals surface area contributed by atoms with Crippen LogP contribution in [0.3, 0.4) is 0 Å². The van der Waals surface area contributed by atoms with Crippen LogP contribution in [0.15, 0.2) is 16.7 Å². The van der Waals surface area contributed by atoms with Gasteiger partial charge in [-0.25, -0.2) is 0 Å². The summed E-state index contributed by atoms with van der Waals surface area (Å²) in [7, 11) is 0. The van der Waals surface area contributed by atoms with Crippen molar-refractivity contribution in [1.29, 1.82) is 0 Å². The Bertz CT molecular complexity index is 385. The van der Waals surface area contributed by atoms with E-state index in [0.29, 0.717) is 11.5 Å². The standard InChI is InChI=1S/C16H28N2O/c1-13(2)17-11-14-5-10-19-15(14)12-18-8-6-16(3,4)7-9-18/h5,10,13,17H,6-9,11-12H2,1-4H3. The molecule has 3 nitrogen and oxygen atoms in total. The maximum absolute atomic E-state index is 5.67. The van der Waals surface area contributed by atoms with E-state index < -0.39 is 0 Å². The fraction of sp³-hybridized carbons (Fsp3) is 0.750. The van der Waals surface area contributed by atoms with Gasteiger partial charge in [0.25, 0.3) is 0 Å². The zero-order valence-electron chi connectivity index (χ0n) is 12.8. The smallest absolute Gasteiger partial charge is 0.122 e. The average Bonchev–Trinajstić information content (AvgIpc) is 2.77. The number of furan rings is 1. The van der Waals surface area contributed by atoms with Gasteiger partial charge in [-0.15, -0.1) is 0 Å². The number of nitrogens with zero attached hydrogens (tertiary/aromatic N) is 1. The molecule has 0 saturated carbocycles. The number of rotatable bonds is 5. The average molecular weight is 264 g/mol. The lowest BCUT2D eigenvalue weighted by atomic mass is 9.82. The van der Waals surface area contributed by atoms with Crippen LogP contribution in [0.2, 0.25) is 0 Å². The maximum Gasteiger partial charge on any atom is 0.122 e. The predicted molar refractivity (Wildman–Crippen MR) is 79.0 cm³/mol. The van der Waals surface area contributed by atoms with E-state index in [2.05, 4.69) is 44.0 Å². The first kappa shape index (κ1) is 14.6. The first-order chi connectivity index (χ1) is 8.96. The molecule has 1 N–H and O–H groups in total. The van der Waals surface area contributed by atoms with Crippen LogP contribution in [0.1, 0.15) is 51.9 Å². The highest BCUT2D eigenvalue weighted by atomic mass is 16.3. The molecule has 0 amide bonds. The molecule has 0 unspecified atom stereocenters. The molecule has 1 fully saturated rings. The summed E-state index contributed by atoms with van der Waals surface area (Å²) < 4.78 is 5.67. The fourth-order valence-electron chi connectivity index (χ4n) is 2.50. The predicted octanol–water partition coefficient (Wildman–Crippen LogP) is 3.40. The van der Waals surface area contributed by atoms with Crippen molar-refractivity contribution in [2.45, 2.75) is 59.7 Å². The van der Waals surface area contributed by atoms with Gasteiger partial charge in [0.15, 0.2) is 0 Å². The second kappa shape index (κ2) is 6.10. The summed E-state index contributed by atoms with van der Waals surface area (Å²) in [6.45, 7) is 13.3. The molecule has 19 heavy (non-hydrogen) atoms. The zero-order valence-corrected chi connectivity index (χ0v) is 12.8. The molecule has 1 aromatic heterocycles. The Balaban J connectivity index is 1.88. The molecule has 2 rings (SSSR count). The zero-order chi connectivity index (χ0) is 13.9. The van der Waals surface area contributed by atoms with Crippen LogP contribution in [-0.4, -0.2) is 24.0 Å². The summed E-state index contributed by atoms with van der Waals surface area (Å²) in [4.78, 5) is 2.52. The quantitative estimate of drug-likeness (QED) is 0.883. The molecule has 0 aromatic carbocycles. The Morgan fingerprint density at radius 2 is 2.00 bits per heavy atom. The number of nitrogens with one attached hydrogen (secondary N) is 1. The van der Waals surface area contributed by atoms with Crippen LogP contribution in [0.5, 0.6) is 0 Å². The number of hydrogen-bond donors (Lipinski definition) is 1. The minimum atomic E-state index is 0.513. The van der Waals surface area contributed by atoms with E-state index in [4.69, 9.17) is 4.42 Å². The molecule has 0 spiro atoms. The van der Waals surface area contributed by atoms with Crippen molar-refractivity contribution in [3.8, 4) is 0 Å². The lowest BCUT2D eigenvalue weighted by Crippen LogP contribution is -2.37. The SMILES string of the molecule is CC(C)NCc1ccoc1CN1CCC(C)(C)CC1. The van der Waals surface area contributed by atoms with Crippen molar-refractivity contribution in [3.05, 3.63) is 23.7 Å². The van der Waals surface area contributed by atoms with E-state index in [1.54, 1.807) is 0 Å². The lowest BCUT2D eigenvalue weighted by molar-refractivity contribution is 0.120. The Hall–Kier alpha value is -0.800. The molecule has 1 aliphatic heterocycles. The monoisotopic (exact) mass is 264 g/mol. The van der Waals surface area contributed by atoms with Gasteiger partial charge in [-0.1, -0.05) is 27.7 Å². The van der Waals surface area contributed by atoms with Crippen molar-refractivity contribution in [2.24, 2.45) is 5.41 Å². The summed E-state index contributed by atoms with van der Waals surface area (Å²) in [5.41, 5.74) is 1.82. The van der Waals surface area contributed by atoms with E-state index in [1.165, 1.54) is 31.5 Å². The van der Waals surface area contributed by atoms with Crippen LogP contribution >= 0.6 is 0 Å². The van der Waals surface area contributed by atoms with E-state index >= 15 is 0 Å². The van der Waals surface area contributed by atoms with E-state index in [0.717, 1.165) is 18.8 Å². The molecule has 0 bridgehead atoms. The molecule has 0 aliphatic carbocycles. The van der Waals surface area contributed by atoms with Crippen LogP contribution in [0.4, 0.5) is 0 Å². The topological polar surface area (TPSA) is 28.4 Å². The molecular weight excluding hydrogens is 236 g/mol. The summed E-state index contributed by atoms with van der Waals surface area (Å²) in [6.07, 6.45) is 4.39. The second-order valence-corrected chi connectivity index (χ2v) is 6.84. The number of likely N-dealkylation sites (tertiary alicyclic amines) is 1. The van der Waals surface area contributed by atoms with Crippen LogP contribution in [0.25, 0.3) is 0 Å². The molecule has 108 valence electrons. The fourth-order valence-corrected chi connectivity index (χ4v) is 2.50. The third-order valence-electron chi connectivity index (χ3n) is 4.12. The molecule has 3 heteroatoms. The maximum atomic E-state index is 5.67. The lowest BCUT2D eigenvalue weighted by Gasteiger charge is -2.36. The van der Waals surface area contributed by atoms with Gasteiger partial charge < -0.3 is 9.73 Å². The molecular formula is C16H28N2O. The summed E-state index contributed by atoms with van der Waals surface area (Å²) in [6, 6.07) is 2.61. The highest BCUT2D eigenvalue weighted by Gasteiger charge is 2.26. The van der Waals surface area contributed by atoms with Gasteiger partial charge in [0, 0.05) is 18.2 Å². The normalized spacial score (nSPS) is 20.1. The Morgan fingerprint density at radius 1 is 1.32 bits per heavy atom. The highest BCUT2D eigenvalue weighted by molar-refractivity contribution is 5.17. The van der Waals surface area contributed by atoms with Gasteiger partial charge in [0.1, 0.15) is 5.76 Å². The summed E-state index contributed by atoms with van der Waals surface area (Å²) in [5.74, 6) is 1.13. The highest BCUT2D eigenvalue weighted by Crippen LogP contribution is 2.30. The van der Waals surface area contributed by atoms with Crippen molar-refractivity contribution in [3.63, 3.8) is 0 Å². The summed E-state index contributed by atoms with van der Waals surface area (Å²) >= 11 is 0. The van der Waals surface area contributed by atoms with Crippen molar-refractivity contribution >= 4 is 0 Å². The van der Waals surface area contributed by atoms with Gasteiger partial charge in [-0.3, -0.25) is 4.90 Å². The van der Waals surface area contributed by atoms with E-state index in [1.807, 2.05) is 6.26 Å². The minimum absolute atomic E-state index is 0.513. The van der Waals surface area contributed by atoms with Crippen molar-refractivity contribution < 1.29 is 4.42 Å². The molecule has 1 saturated heterocycles. The molecule has 1 aliphatic rings. The van der Waals surface area contributed by atoms with Crippen LogP contribution in [0, 0.1) is 5.41 Å². The molecule has 0 radical (unpaired) electrons. The number of piperidine rings is 1. The van der Waals surface area contributed by atoms with Crippen molar-refractivity contribution in [1.82, 2.24) is 10.2 Å². The molecule has 1 aromatic rings. The third-order valence-corrected chi connectivity index (χ3v) is 4.12. The van der Waals surface area contributed by atoms with Gasteiger partial charge in [0.05, 0.1) is 12.8 Å². The Morgan fingerprint density at radius 3 is 2.63 bits per heavy atom. The van der Waals surface area contributed by atoms with Crippen LogP contribution in [-0.2, 0) is 13.1 Å². The van der Waals surface area contributed by atoms with E-state index in [-0.39, 0.29) is 0 Å². The Kier molecular flexibility index (Phi) is 4.69. The first-order valence-corrected chi connectivity index (χ1v) is 7.47. The summed E-state index contributed by atoms with van der Waals surface area (Å²) in [5, 5.41) is 3.46. The van der Waals surface area contributed by atoms with Gasteiger partial charge >= 0.3 is 0 Å². The van der Waals surface area contributed by atoms with Gasteiger partial charge in [-0.05, 0) is 37.4 Å². The van der Waals surface area contributed by atoms with Crippen molar-refractivity contribution in [2.75, 3.05) is 13.1 Å². The number of hydrogen-bond acceptors (Lipinski definition) is 3. The molecule has 2 heterocycles. The largest absolute Gasteiger partial charge is 0.468 e. The minimum Gasteiger partial charge on any atom is -0.468 e. The van der Waals surface area contributed by atoms with E-state index in [9.17, 15) is 0 Å². The van der Waals surface area contributed by atoms with Gasteiger partial charge in [-0.2, -0.15) is 0 Å². The second-order valence-electron chi connectivity index (χ2n) is 6.84. The van der Waals surface area contributed by atoms with Crippen LogP contribution < -0.4 is 5.32 Å². The first-order valence-electron chi connectivity index (χ1n) is 7.47. The van der Waals surface area contributed by atoms with Gasteiger partial charge in [0.2, 0.25) is 0 Å².